The number of unbranched alkanes of at least 4 members (excludes halogenated alkanes) is 1. The molecule has 0 aliphatic carbocycles. The second-order valence-electron chi connectivity index (χ2n) is 7.16. The largest absolute Gasteiger partial charge is 0.338 e. The van der Waals surface area contributed by atoms with Crippen molar-refractivity contribution in [1.82, 2.24) is 19.7 Å². The number of carbonyl (C=O) groups excluding carboxylic acids is 1. The van der Waals surface area contributed by atoms with Crippen LogP contribution in [0.4, 0.5) is 0 Å². The second-order valence-corrected chi connectivity index (χ2v) is 10.8. The van der Waals surface area contributed by atoms with E-state index in [4.69, 9.17) is 11.6 Å². The third-order valence-corrected chi connectivity index (χ3v) is 7.99. The van der Waals surface area contributed by atoms with Gasteiger partial charge in [-0.3, -0.25) is 4.79 Å². The van der Waals surface area contributed by atoms with Crippen molar-refractivity contribution in [2.75, 3.05) is 23.8 Å². The van der Waals surface area contributed by atoms with Crippen LogP contribution in [0.3, 0.4) is 0 Å². The van der Waals surface area contributed by atoms with Crippen LogP contribution >= 0.6 is 23.4 Å². The molecule has 1 unspecified atom stereocenters. The molecule has 1 atom stereocenters. The monoisotopic (exact) mass is 456 g/mol. The van der Waals surface area contributed by atoms with Crippen LogP contribution in [0.2, 0.25) is 5.02 Å². The van der Waals surface area contributed by atoms with Gasteiger partial charge in [-0.1, -0.05) is 36.7 Å². The molecular weight excluding hydrogens is 432 g/mol. The summed E-state index contributed by atoms with van der Waals surface area (Å²) in [5, 5.41) is 9.72. The van der Waals surface area contributed by atoms with Gasteiger partial charge in [-0.2, -0.15) is 0 Å². The van der Waals surface area contributed by atoms with Crippen LogP contribution in [-0.4, -0.2) is 63.8 Å². The van der Waals surface area contributed by atoms with Crippen molar-refractivity contribution in [2.45, 2.75) is 37.4 Å². The molecule has 0 radical (unpaired) electrons. The molecule has 2 heterocycles. The number of sulfone groups is 1. The molecule has 2 aromatic rings. The van der Waals surface area contributed by atoms with Gasteiger partial charge in [0.2, 0.25) is 5.91 Å². The lowest BCUT2D eigenvalue weighted by Gasteiger charge is -2.28. The Bertz CT molecular complexity index is 960. The van der Waals surface area contributed by atoms with E-state index >= 15 is 0 Å². The van der Waals surface area contributed by atoms with E-state index in [0.717, 1.165) is 18.4 Å². The van der Waals surface area contributed by atoms with E-state index in [1.165, 1.54) is 11.8 Å². The van der Waals surface area contributed by atoms with E-state index < -0.39 is 9.84 Å². The van der Waals surface area contributed by atoms with E-state index in [9.17, 15) is 13.2 Å². The highest BCUT2D eigenvalue weighted by molar-refractivity contribution is 7.99. The molecule has 0 spiro atoms. The molecule has 7 nitrogen and oxygen atoms in total. The van der Waals surface area contributed by atoms with Crippen LogP contribution in [-0.2, 0) is 21.7 Å². The molecular formula is C19H25ClN4O3S2. The van der Waals surface area contributed by atoms with Crippen molar-refractivity contribution in [3.63, 3.8) is 0 Å². The van der Waals surface area contributed by atoms with Crippen molar-refractivity contribution in [1.29, 1.82) is 0 Å². The number of halogens is 1. The number of aromatic nitrogens is 3. The first-order chi connectivity index (χ1) is 13.8. The number of hydrogen-bond acceptors (Lipinski definition) is 6. The lowest BCUT2D eigenvalue weighted by molar-refractivity contribution is -0.130. The summed E-state index contributed by atoms with van der Waals surface area (Å²) < 4.78 is 25.5. The Kier molecular flexibility index (Phi) is 7.23. The van der Waals surface area contributed by atoms with E-state index in [-0.39, 0.29) is 29.2 Å². The van der Waals surface area contributed by atoms with Crippen LogP contribution in [0, 0.1) is 0 Å². The number of carbonyl (C=O) groups is 1. The number of thioether (sulfide) groups is 1. The van der Waals surface area contributed by atoms with Crippen molar-refractivity contribution in [3.05, 3.63) is 29.3 Å². The SMILES string of the molecule is CCCCN(C(=O)CSc1nnc(-c2ccc(Cl)cc2)n1C)C1CCS(=O)(=O)C1. The number of rotatable bonds is 8. The normalized spacial score (nSPS) is 18.1. The fourth-order valence-corrected chi connectivity index (χ4v) is 6.01. The molecule has 1 aliphatic rings. The molecule has 3 rings (SSSR count). The lowest BCUT2D eigenvalue weighted by Crippen LogP contribution is -2.42. The fourth-order valence-electron chi connectivity index (χ4n) is 3.36. The van der Waals surface area contributed by atoms with Crippen molar-refractivity contribution in [3.8, 4) is 11.4 Å². The fraction of sp³-hybridized carbons (Fsp3) is 0.526. The van der Waals surface area contributed by atoms with Gasteiger partial charge in [0.1, 0.15) is 0 Å². The molecule has 29 heavy (non-hydrogen) atoms. The third-order valence-electron chi connectivity index (χ3n) is 4.98. The zero-order valence-corrected chi connectivity index (χ0v) is 18.9. The minimum Gasteiger partial charge on any atom is -0.338 e. The summed E-state index contributed by atoms with van der Waals surface area (Å²) in [7, 11) is -1.18. The van der Waals surface area contributed by atoms with E-state index in [1.807, 2.05) is 23.7 Å². The van der Waals surface area contributed by atoms with Crippen LogP contribution in [0.25, 0.3) is 11.4 Å². The van der Waals surface area contributed by atoms with Crippen molar-refractivity contribution >= 4 is 39.1 Å². The van der Waals surface area contributed by atoms with Crippen molar-refractivity contribution < 1.29 is 13.2 Å². The molecule has 0 N–H and O–H groups in total. The van der Waals surface area contributed by atoms with Gasteiger partial charge in [0.05, 0.1) is 17.3 Å². The smallest absolute Gasteiger partial charge is 0.233 e. The zero-order chi connectivity index (χ0) is 21.0. The van der Waals surface area contributed by atoms with Gasteiger partial charge in [0.15, 0.2) is 20.8 Å². The van der Waals surface area contributed by atoms with E-state index in [2.05, 4.69) is 17.1 Å². The van der Waals surface area contributed by atoms with Crippen LogP contribution < -0.4 is 0 Å². The van der Waals surface area contributed by atoms with E-state index in [1.54, 1.807) is 17.0 Å². The molecule has 1 amide bonds. The molecule has 158 valence electrons. The Hall–Kier alpha value is -1.58. The van der Waals surface area contributed by atoms with Crippen LogP contribution in [0.1, 0.15) is 26.2 Å². The Morgan fingerprint density at radius 3 is 2.66 bits per heavy atom. The molecule has 1 aromatic carbocycles. The Labute approximate surface area is 180 Å². The predicted molar refractivity (Wildman–Crippen MR) is 116 cm³/mol. The van der Waals surface area contributed by atoms with Gasteiger partial charge in [-0.15, -0.1) is 10.2 Å². The van der Waals surface area contributed by atoms with Gasteiger partial charge in [-0.05, 0) is 37.1 Å². The Morgan fingerprint density at radius 2 is 2.03 bits per heavy atom. The summed E-state index contributed by atoms with van der Waals surface area (Å²) >= 11 is 7.26. The average molecular weight is 457 g/mol. The summed E-state index contributed by atoms with van der Waals surface area (Å²) in [6.45, 7) is 2.64. The quantitative estimate of drug-likeness (QED) is 0.567. The molecule has 1 aliphatic heterocycles. The molecule has 1 saturated heterocycles. The van der Waals surface area contributed by atoms with Gasteiger partial charge >= 0.3 is 0 Å². The lowest BCUT2D eigenvalue weighted by atomic mass is 10.2. The van der Waals surface area contributed by atoms with Gasteiger partial charge in [-0.25, -0.2) is 8.42 Å². The maximum absolute atomic E-state index is 12.9. The first-order valence-electron chi connectivity index (χ1n) is 9.58. The molecule has 10 heteroatoms. The Balaban J connectivity index is 1.67. The Morgan fingerprint density at radius 1 is 1.31 bits per heavy atom. The van der Waals surface area contributed by atoms with Crippen molar-refractivity contribution in [2.24, 2.45) is 7.05 Å². The maximum atomic E-state index is 12.9. The second kappa shape index (κ2) is 9.49. The number of amides is 1. The highest BCUT2D eigenvalue weighted by atomic mass is 35.5. The first-order valence-corrected chi connectivity index (χ1v) is 12.8. The summed E-state index contributed by atoms with van der Waals surface area (Å²) in [5.74, 6) is 1.07. The molecule has 1 aromatic heterocycles. The third kappa shape index (κ3) is 5.52. The molecule has 1 fully saturated rings. The predicted octanol–water partition coefficient (Wildman–Crippen LogP) is 3.04. The highest BCUT2D eigenvalue weighted by Crippen LogP contribution is 2.25. The number of benzene rings is 1. The summed E-state index contributed by atoms with van der Waals surface area (Å²) in [6.07, 6.45) is 2.33. The minimum atomic E-state index is -3.04. The van der Waals surface area contributed by atoms with Crippen LogP contribution in [0.5, 0.6) is 0 Å². The summed E-state index contributed by atoms with van der Waals surface area (Å²) in [6, 6.07) is 7.12. The van der Waals surface area contributed by atoms with Crippen LogP contribution in [0.15, 0.2) is 29.4 Å². The van der Waals surface area contributed by atoms with E-state index in [0.29, 0.717) is 29.0 Å². The summed E-state index contributed by atoms with van der Waals surface area (Å²) in [5.41, 5.74) is 0.892. The minimum absolute atomic E-state index is 0.0541. The summed E-state index contributed by atoms with van der Waals surface area (Å²) in [4.78, 5) is 14.6. The zero-order valence-electron chi connectivity index (χ0n) is 16.5. The maximum Gasteiger partial charge on any atom is 0.233 e. The van der Waals surface area contributed by atoms with Gasteiger partial charge in [0, 0.05) is 30.2 Å². The topological polar surface area (TPSA) is 85.2 Å². The average Bonchev–Trinajstić information content (AvgIpc) is 3.23. The molecule has 0 bridgehead atoms. The first kappa shape index (κ1) is 22.1. The number of hydrogen-bond donors (Lipinski definition) is 0. The van der Waals surface area contributed by atoms with Gasteiger partial charge in [0.25, 0.3) is 0 Å². The molecule has 0 saturated carbocycles. The van der Waals surface area contributed by atoms with Gasteiger partial charge < -0.3 is 9.47 Å². The number of nitrogens with zero attached hydrogens (tertiary/aromatic N) is 4. The standard InChI is InChI=1S/C19H25ClN4O3S2/c1-3-4-10-24(16-9-11-29(26,27)13-16)17(25)12-28-19-22-21-18(23(19)2)14-5-7-15(20)8-6-14/h5-8,16H,3-4,9-13H2,1-2H3. The highest BCUT2D eigenvalue weighted by Gasteiger charge is 2.34.